The third-order valence-corrected chi connectivity index (χ3v) is 3.83. The van der Waals surface area contributed by atoms with E-state index in [9.17, 15) is 4.39 Å². The monoisotopic (exact) mass is 312 g/mol. The molecular formula is C13H7Cl2FN2S. The number of halogens is 3. The molecule has 1 N–H and O–H groups in total. The maximum atomic E-state index is 13.4. The molecule has 0 atom stereocenters. The zero-order valence-corrected chi connectivity index (χ0v) is 11.8. The molecule has 1 aromatic heterocycles. The van der Waals surface area contributed by atoms with Crippen LogP contribution in [0.4, 0.5) is 4.39 Å². The van der Waals surface area contributed by atoms with Gasteiger partial charge in [0.25, 0.3) is 0 Å². The van der Waals surface area contributed by atoms with Crippen LogP contribution in [-0.4, -0.2) is 9.55 Å². The first-order chi connectivity index (χ1) is 9.06. The number of imidazole rings is 1. The van der Waals surface area contributed by atoms with E-state index < -0.39 is 0 Å². The Morgan fingerprint density at radius 1 is 1.05 bits per heavy atom. The molecule has 0 bridgehead atoms. The van der Waals surface area contributed by atoms with E-state index in [1.54, 1.807) is 28.8 Å². The third-order valence-electron chi connectivity index (χ3n) is 2.81. The summed E-state index contributed by atoms with van der Waals surface area (Å²) >= 11 is 17.2. The van der Waals surface area contributed by atoms with E-state index in [1.807, 2.05) is 0 Å². The summed E-state index contributed by atoms with van der Waals surface area (Å²) in [5.74, 6) is -0.324. The van der Waals surface area contributed by atoms with Gasteiger partial charge in [-0.3, -0.25) is 4.57 Å². The summed E-state index contributed by atoms with van der Waals surface area (Å²) in [5, 5.41) is 0.884. The lowest BCUT2D eigenvalue weighted by Gasteiger charge is -2.06. The summed E-state index contributed by atoms with van der Waals surface area (Å²) < 4.78 is 15.6. The predicted molar refractivity (Wildman–Crippen MR) is 78.4 cm³/mol. The van der Waals surface area contributed by atoms with Crippen molar-refractivity contribution in [2.75, 3.05) is 0 Å². The highest BCUT2D eigenvalue weighted by molar-refractivity contribution is 7.71. The zero-order valence-electron chi connectivity index (χ0n) is 9.45. The van der Waals surface area contributed by atoms with Gasteiger partial charge in [-0.15, -0.1) is 0 Å². The lowest BCUT2D eigenvalue weighted by atomic mass is 10.2. The van der Waals surface area contributed by atoms with Crippen molar-refractivity contribution in [2.24, 2.45) is 0 Å². The SMILES string of the molecule is Fc1ccc2[nH]c(=S)n(-c3ccc(Cl)c(Cl)c3)c2c1. The highest BCUT2D eigenvalue weighted by Crippen LogP contribution is 2.27. The first kappa shape index (κ1) is 12.7. The van der Waals surface area contributed by atoms with Crippen LogP contribution in [0.25, 0.3) is 16.7 Å². The quantitative estimate of drug-likeness (QED) is 0.617. The molecule has 2 nitrogen and oxygen atoms in total. The van der Waals surface area contributed by atoms with Crippen molar-refractivity contribution in [3.05, 3.63) is 57.0 Å². The fourth-order valence-corrected chi connectivity index (χ4v) is 2.56. The van der Waals surface area contributed by atoms with Gasteiger partial charge < -0.3 is 4.98 Å². The van der Waals surface area contributed by atoms with Gasteiger partial charge in [-0.2, -0.15) is 0 Å². The lowest BCUT2D eigenvalue weighted by Crippen LogP contribution is -1.94. The summed E-state index contributed by atoms with van der Waals surface area (Å²) in [6.45, 7) is 0. The standard InChI is InChI=1S/C13H7Cl2FN2S/c14-9-3-2-8(6-10(9)15)18-12-5-7(16)1-4-11(12)17-13(18)19/h1-6H,(H,17,19). The molecule has 0 amide bonds. The predicted octanol–water partition coefficient (Wildman–Crippen LogP) is 5.13. The summed E-state index contributed by atoms with van der Waals surface area (Å²) in [7, 11) is 0. The summed E-state index contributed by atoms with van der Waals surface area (Å²) in [6.07, 6.45) is 0. The van der Waals surface area contributed by atoms with Gasteiger partial charge in [0.2, 0.25) is 0 Å². The van der Waals surface area contributed by atoms with Gasteiger partial charge >= 0.3 is 0 Å². The van der Waals surface area contributed by atoms with Crippen LogP contribution in [0.1, 0.15) is 0 Å². The van der Waals surface area contributed by atoms with Gasteiger partial charge in [0.1, 0.15) is 5.82 Å². The second-order valence-corrected chi connectivity index (χ2v) is 5.23. The van der Waals surface area contributed by atoms with Crippen LogP contribution >= 0.6 is 35.4 Å². The number of H-pyrrole nitrogens is 1. The van der Waals surface area contributed by atoms with Crippen LogP contribution < -0.4 is 0 Å². The number of benzene rings is 2. The van der Waals surface area contributed by atoms with E-state index in [1.165, 1.54) is 12.1 Å². The summed E-state index contributed by atoms with van der Waals surface area (Å²) in [6, 6.07) is 9.60. The Labute approximate surface area is 123 Å². The van der Waals surface area contributed by atoms with Crippen molar-refractivity contribution in [1.82, 2.24) is 9.55 Å². The maximum absolute atomic E-state index is 13.4. The molecule has 2 aromatic carbocycles. The lowest BCUT2D eigenvalue weighted by molar-refractivity contribution is 0.629. The number of nitrogens with zero attached hydrogens (tertiary/aromatic N) is 1. The number of nitrogens with one attached hydrogen (secondary N) is 1. The average molecular weight is 313 g/mol. The Bertz CT molecular complexity index is 838. The fourth-order valence-electron chi connectivity index (χ4n) is 1.96. The molecule has 0 aliphatic heterocycles. The van der Waals surface area contributed by atoms with Crippen molar-refractivity contribution in [2.45, 2.75) is 0 Å². The fraction of sp³-hybridized carbons (Fsp3) is 0. The van der Waals surface area contributed by atoms with E-state index >= 15 is 0 Å². The maximum Gasteiger partial charge on any atom is 0.182 e. The van der Waals surface area contributed by atoms with Crippen LogP contribution in [0.15, 0.2) is 36.4 Å². The van der Waals surface area contributed by atoms with Crippen LogP contribution in [0.5, 0.6) is 0 Å². The molecule has 0 saturated heterocycles. The van der Waals surface area contributed by atoms with Gasteiger partial charge in [0, 0.05) is 6.07 Å². The highest BCUT2D eigenvalue weighted by atomic mass is 35.5. The molecule has 6 heteroatoms. The molecule has 0 fully saturated rings. The Hall–Kier alpha value is -1.36. The molecule has 0 spiro atoms. The molecule has 0 aliphatic carbocycles. The number of fused-ring (bicyclic) bond motifs is 1. The number of hydrogen-bond acceptors (Lipinski definition) is 1. The van der Waals surface area contributed by atoms with Crippen molar-refractivity contribution >= 4 is 46.5 Å². The molecule has 1 heterocycles. The van der Waals surface area contributed by atoms with Crippen molar-refractivity contribution < 1.29 is 4.39 Å². The van der Waals surface area contributed by atoms with E-state index in [4.69, 9.17) is 35.4 Å². The highest BCUT2D eigenvalue weighted by Gasteiger charge is 2.09. The average Bonchev–Trinajstić information content (AvgIpc) is 2.68. The Morgan fingerprint density at radius 2 is 1.84 bits per heavy atom. The second kappa shape index (κ2) is 4.63. The van der Waals surface area contributed by atoms with Crippen molar-refractivity contribution in [3.63, 3.8) is 0 Å². The van der Waals surface area contributed by atoms with Gasteiger partial charge in [-0.05, 0) is 42.5 Å². The van der Waals surface area contributed by atoms with Crippen LogP contribution in [0, 0.1) is 10.6 Å². The van der Waals surface area contributed by atoms with Crippen molar-refractivity contribution in [1.29, 1.82) is 0 Å². The largest absolute Gasteiger partial charge is 0.330 e. The minimum absolute atomic E-state index is 0.324. The summed E-state index contributed by atoms with van der Waals surface area (Å²) in [5.41, 5.74) is 2.15. The number of hydrogen-bond donors (Lipinski definition) is 1. The Morgan fingerprint density at radius 3 is 2.58 bits per heavy atom. The number of aromatic nitrogens is 2. The van der Waals surface area contributed by atoms with E-state index in [-0.39, 0.29) is 5.82 Å². The van der Waals surface area contributed by atoms with Gasteiger partial charge in [-0.1, -0.05) is 23.2 Å². The molecule has 0 saturated carbocycles. The normalized spacial score (nSPS) is 11.1. The minimum atomic E-state index is -0.324. The molecule has 0 unspecified atom stereocenters. The second-order valence-electron chi connectivity index (χ2n) is 4.03. The Kier molecular flexibility index (Phi) is 3.09. The van der Waals surface area contributed by atoms with Crippen LogP contribution in [-0.2, 0) is 0 Å². The van der Waals surface area contributed by atoms with Gasteiger partial charge in [0.05, 0.1) is 26.8 Å². The van der Waals surface area contributed by atoms with Crippen LogP contribution in [0.3, 0.4) is 0 Å². The van der Waals surface area contributed by atoms with E-state index in [2.05, 4.69) is 4.98 Å². The van der Waals surface area contributed by atoms with Crippen molar-refractivity contribution in [3.8, 4) is 5.69 Å². The van der Waals surface area contributed by atoms with Gasteiger partial charge in [-0.25, -0.2) is 4.39 Å². The zero-order chi connectivity index (χ0) is 13.6. The van der Waals surface area contributed by atoms with E-state index in [0.29, 0.717) is 20.3 Å². The molecule has 96 valence electrons. The molecule has 0 aliphatic rings. The molecule has 19 heavy (non-hydrogen) atoms. The molecule has 3 aromatic rings. The van der Waals surface area contributed by atoms with Crippen LogP contribution in [0.2, 0.25) is 10.0 Å². The molecule has 0 radical (unpaired) electrons. The topological polar surface area (TPSA) is 20.7 Å². The first-order valence-corrected chi connectivity index (χ1v) is 6.58. The first-order valence-electron chi connectivity index (χ1n) is 5.42. The Balaban J connectivity index is 2.35. The summed E-state index contributed by atoms with van der Waals surface area (Å²) in [4.78, 5) is 3.02. The number of aromatic amines is 1. The van der Waals surface area contributed by atoms with Gasteiger partial charge in [0.15, 0.2) is 4.77 Å². The number of rotatable bonds is 1. The van der Waals surface area contributed by atoms with E-state index in [0.717, 1.165) is 11.2 Å². The minimum Gasteiger partial charge on any atom is -0.330 e. The third kappa shape index (κ3) is 2.16. The molecular weight excluding hydrogens is 306 g/mol. The molecule has 3 rings (SSSR count). The smallest absolute Gasteiger partial charge is 0.182 e.